The molecule has 0 atom stereocenters. The Balaban J connectivity index is 1.77. The summed E-state index contributed by atoms with van der Waals surface area (Å²) < 4.78 is 16.0. The smallest absolute Gasteiger partial charge is 0.227 e. The first-order valence-electron chi connectivity index (χ1n) is 8.60. The Labute approximate surface area is 158 Å². The van der Waals surface area contributed by atoms with E-state index in [2.05, 4.69) is 4.98 Å². The minimum atomic E-state index is -0.0238. The molecule has 0 saturated heterocycles. The lowest BCUT2D eigenvalue weighted by atomic mass is 10.1. The maximum atomic E-state index is 13.0. The van der Waals surface area contributed by atoms with Crippen molar-refractivity contribution in [2.45, 2.75) is 19.5 Å². The number of carbonyl (C=O) groups excluding carboxylic acids is 1. The zero-order valence-corrected chi connectivity index (χ0v) is 15.4. The molecule has 0 spiro atoms. The van der Waals surface area contributed by atoms with Crippen molar-refractivity contribution < 1.29 is 18.7 Å². The number of ether oxygens (including phenoxy) is 2. The van der Waals surface area contributed by atoms with Gasteiger partial charge >= 0.3 is 0 Å². The van der Waals surface area contributed by atoms with Crippen molar-refractivity contribution in [2.24, 2.45) is 0 Å². The van der Waals surface area contributed by atoms with E-state index in [-0.39, 0.29) is 12.3 Å². The minimum Gasteiger partial charge on any atom is -0.493 e. The standard InChI is InChI=1S/C21H22N2O4/c1-25-19-9-8-16(12-20(19)26-2)13-21(24)23(15-18-7-5-11-27-18)14-17-6-3-4-10-22-17/h3-12H,13-15H2,1-2H3. The third kappa shape index (κ3) is 4.88. The van der Waals surface area contributed by atoms with E-state index < -0.39 is 0 Å². The molecule has 6 nitrogen and oxygen atoms in total. The van der Waals surface area contributed by atoms with E-state index in [0.29, 0.717) is 24.6 Å². The molecule has 0 radical (unpaired) electrons. The highest BCUT2D eigenvalue weighted by atomic mass is 16.5. The molecule has 0 saturated carbocycles. The first-order chi connectivity index (χ1) is 13.2. The van der Waals surface area contributed by atoms with Crippen LogP contribution in [0, 0.1) is 0 Å². The molecular weight excluding hydrogens is 344 g/mol. The van der Waals surface area contributed by atoms with E-state index in [1.54, 1.807) is 37.6 Å². The van der Waals surface area contributed by atoms with Gasteiger partial charge in [0, 0.05) is 6.20 Å². The number of aromatic nitrogens is 1. The second-order valence-electron chi connectivity index (χ2n) is 6.02. The predicted octanol–water partition coefficient (Wildman–Crippen LogP) is 3.46. The van der Waals surface area contributed by atoms with Crippen LogP contribution in [-0.2, 0) is 24.3 Å². The van der Waals surface area contributed by atoms with Crippen LogP contribution in [0.1, 0.15) is 17.0 Å². The number of methoxy groups -OCH3 is 2. The summed E-state index contributed by atoms with van der Waals surface area (Å²) in [7, 11) is 3.16. The lowest BCUT2D eigenvalue weighted by molar-refractivity contribution is -0.132. The fraction of sp³-hybridized carbons (Fsp3) is 0.238. The molecule has 3 rings (SSSR count). The number of carbonyl (C=O) groups is 1. The molecular formula is C21H22N2O4. The van der Waals surface area contributed by atoms with Gasteiger partial charge in [0.2, 0.25) is 5.91 Å². The Morgan fingerprint density at radius 2 is 1.89 bits per heavy atom. The first-order valence-corrected chi connectivity index (χ1v) is 8.60. The van der Waals surface area contributed by atoms with Crippen molar-refractivity contribution >= 4 is 5.91 Å². The number of hydrogen-bond donors (Lipinski definition) is 0. The molecule has 6 heteroatoms. The molecule has 3 aromatic rings. The van der Waals surface area contributed by atoms with Gasteiger partial charge < -0.3 is 18.8 Å². The quantitative estimate of drug-likeness (QED) is 0.611. The Morgan fingerprint density at radius 1 is 1.04 bits per heavy atom. The summed E-state index contributed by atoms with van der Waals surface area (Å²) in [4.78, 5) is 19.0. The fourth-order valence-corrected chi connectivity index (χ4v) is 2.79. The summed E-state index contributed by atoms with van der Waals surface area (Å²) in [5.74, 6) is 1.94. The number of hydrogen-bond acceptors (Lipinski definition) is 5. The van der Waals surface area contributed by atoms with Gasteiger partial charge in [-0.1, -0.05) is 12.1 Å². The Bertz CT molecular complexity index is 863. The number of nitrogens with zero attached hydrogens (tertiary/aromatic N) is 2. The normalized spacial score (nSPS) is 10.4. The maximum Gasteiger partial charge on any atom is 0.227 e. The van der Waals surface area contributed by atoms with Gasteiger partial charge in [-0.3, -0.25) is 9.78 Å². The summed E-state index contributed by atoms with van der Waals surface area (Å²) in [6.07, 6.45) is 3.57. The van der Waals surface area contributed by atoms with E-state index in [0.717, 1.165) is 17.0 Å². The highest BCUT2D eigenvalue weighted by molar-refractivity contribution is 5.79. The van der Waals surface area contributed by atoms with Crippen molar-refractivity contribution in [1.82, 2.24) is 9.88 Å². The largest absolute Gasteiger partial charge is 0.493 e. The van der Waals surface area contributed by atoms with E-state index in [9.17, 15) is 4.79 Å². The van der Waals surface area contributed by atoms with Gasteiger partial charge in [0.15, 0.2) is 11.5 Å². The average molecular weight is 366 g/mol. The predicted molar refractivity (Wildman–Crippen MR) is 100 cm³/mol. The topological polar surface area (TPSA) is 64.8 Å². The molecule has 0 bridgehead atoms. The molecule has 2 heterocycles. The molecule has 1 aromatic carbocycles. The summed E-state index contributed by atoms with van der Waals surface area (Å²) in [6, 6.07) is 14.8. The molecule has 140 valence electrons. The van der Waals surface area contributed by atoms with Crippen LogP contribution >= 0.6 is 0 Å². The third-order valence-corrected chi connectivity index (χ3v) is 4.16. The molecule has 0 unspecified atom stereocenters. The molecule has 0 N–H and O–H groups in total. The first kappa shape index (κ1) is 18.5. The number of rotatable bonds is 8. The molecule has 0 aliphatic rings. The van der Waals surface area contributed by atoms with Crippen molar-refractivity contribution in [3.8, 4) is 11.5 Å². The molecule has 1 amide bonds. The third-order valence-electron chi connectivity index (χ3n) is 4.16. The number of benzene rings is 1. The number of furan rings is 1. The van der Waals surface area contributed by atoms with E-state index in [1.807, 2.05) is 42.5 Å². The van der Waals surface area contributed by atoms with Crippen molar-refractivity contribution in [3.63, 3.8) is 0 Å². The number of pyridine rings is 1. The van der Waals surface area contributed by atoms with Gasteiger partial charge in [-0.2, -0.15) is 0 Å². The van der Waals surface area contributed by atoms with Crippen LogP contribution in [0.5, 0.6) is 11.5 Å². The monoisotopic (exact) mass is 366 g/mol. The lowest BCUT2D eigenvalue weighted by Crippen LogP contribution is -2.31. The van der Waals surface area contributed by atoms with Gasteiger partial charge in [-0.05, 0) is 42.0 Å². The second kappa shape index (κ2) is 8.89. The summed E-state index contributed by atoms with van der Waals surface area (Å²) in [5.41, 5.74) is 1.67. The molecule has 0 fully saturated rings. The lowest BCUT2D eigenvalue weighted by Gasteiger charge is -2.22. The summed E-state index contributed by atoms with van der Waals surface area (Å²) >= 11 is 0. The van der Waals surface area contributed by atoms with Crippen molar-refractivity contribution in [3.05, 3.63) is 78.0 Å². The minimum absolute atomic E-state index is 0.0238. The van der Waals surface area contributed by atoms with Gasteiger partial charge in [0.05, 0.1) is 45.7 Å². The zero-order valence-electron chi connectivity index (χ0n) is 15.4. The molecule has 0 aliphatic carbocycles. The van der Waals surface area contributed by atoms with Gasteiger partial charge in [0.1, 0.15) is 5.76 Å². The molecule has 0 aliphatic heterocycles. The van der Waals surface area contributed by atoms with Crippen LogP contribution in [0.3, 0.4) is 0 Å². The van der Waals surface area contributed by atoms with Crippen LogP contribution in [0.25, 0.3) is 0 Å². The molecule has 27 heavy (non-hydrogen) atoms. The van der Waals surface area contributed by atoms with Gasteiger partial charge in [0.25, 0.3) is 0 Å². The second-order valence-corrected chi connectivity index (χ2v) is 6.02. The zero-order chi connectivity index (χ0) is 19.1. The Kier molecular flexibility index (Phi) is 6.10. The summed E-state index contributed by atoms with van der Waals surface area (Å²) in [6.45, 7) is 0.795. The average Bonchev–Trinajstić information content (AvgIpc) is 3.21. The highest BCUT2D eigenvalue weighted by Gasteiger charge is 2.18. The van der Waals surface area contributed by atoms with E-state index in [4.69, 9.17) is 13.9 Å². The van der Waals surface area contributed by atoms with Crippen molar-refractivity contribution in [2.75, 3.05) is 14.2 Å². The molecule has 2 aromatic heterocycles. The highest BCUT2D eigenvalue weighted by Crippen LogP contribution is 2.28. The summed E-state index contributed by atoms with van der Waals surface area (Å²) in [5, 5.41) is 0. The SMILES string of the molecule is COc1ccc(CC(=O)N(Cc2ccccn2)Cc2ccco2)cc1OC. The van der Waals surface area contributed by atoms with Crippen molar-refractivity contribution in [1.29, 1.82) is 0 Å². The fourth-order valence-electron chi connectivity index (χ4n) is 2.79. The van der Waals surface area contributed by atoms with Crippen LogP contribution in [0.2, 0.25) is 0 Å². The Hall–Kier alpha value is -3.28. The van der Waals surface area contributed by atoms with E-state index >= 15 is 0 Å². The van der Waals surface area contributed by atoms with Crippen LogP contribution < -0.4 is 9.47 Å². The van der Waals surface area contributed by atoms with Crippen LogP contribution in [-0.4, -0.2) is 30.0 Å². The number of amides is 1. The Morgan fingerprint density at radius 3 is 2.56 bits per heavy atom. The van der Waals surface area contributed by atoms with Gasteiger partial charge in [-0.25, -0.2) is 0 Å². The maximum absolute atomic E-state index is 13.0. The van der Waals surface area contributed by atoms with E-state index in [1.165, 1.54) is 0 Å². The van der Waals surface area contributed by atoms with Crippen LogP contribution in [0.15, 0.2) is 65.4 Å². The van der Waals surface area contributed by atoms with Crippen LogP contribution in [0.4, 0.5) is 0 Å². The van der Waals surface area contributed by atoms with Gasteiger partial charge in [-0.15, -0.1) is 0 Å².